The second-order valence-electron chi connectivity index (χ2n) is 2.97. The van der Waals surface area contributed by atoms with Gasteiger partial charge in [0.1, 0.15) is 0 Å². The van der Waals surface area contributed by atoms with Crippen LogP contribution in [-0.4, -0.2) is 25.4 Å². The smallest absolute Gasteiger partial charge is 0.377 e. The lowest BCUT2D eigenvalue weighted by Crippen LogP contribution is -2.37. The van der Waals surface area contributed by atoms with Crippen LogP contribution in [0.4, 0.5) is 13.2 Å². The fourth-order valence-electron chi connectivity index (χ4n) is 0.694. The van der Waals surface area contributed by atoms with Crippen LogP contribution in [0, 0.1) is 0 Å². The van der Waals surface area contributed by atoms with Crippen LogP contribution in [0.2, 0.25) is 0 Å². The standard InChI is InChI=1S/C7H14F3NO/c1-6(5-11,12-2)3-4-7(8,9)10/h3-5,11H2,1-2H3. The van der Waals surface area contributed by atoms with E-state index in [2.05, 4.69) is 0 Å². The van der Waals surface area contributed by atoms with Gasteiger partial charge < -0.3 is 10.5 Å². The van der Waals surface area contributed by atoms with E-state index in [9.17, 15) is 13.2 Å². The number of rotatable bonds is 4. The van der Waals surface area contributed by atoms with Crippen LogP contribution in [0.3, 0.4) is 0 Å². The number of methoxy groups -OCH3 is 1. The molecule has 0 aromatic rings. The van der Waals surface area contributed by atoms with E-state index in [4.69, 9.17) is 10.5 Å². The highest BCUT2D eigenvalue weighted by atomic mass is 19.4. The molecule has 12 heavy (non-hydrogen) atoms. The van der Waals surface area contributed by atoms with Crippen LogP contribution < -0.4 is 5.73 Å². The van der Waals surface area contributed by atoms with E-state index in [1.807, 2.05) is 0 Å². The molecule has 0 saturated heterocycles. The van der Waals surface area contributed by atoms with Gasteiger partial charge in [0.2, 0.25) is 0 Å². The van der Waals surface area contributed by atoms with Crippen LogP contribution >= 0.6 is 0 Å². The van der Waals surface area contributed by atoms with Gasteiger partial charge in [0, 0.05) is 20.1 Å². The van der Waals surface area contributed by atoms with E-state index in [1.54, 1.807) is 6.92 Å². The summed E-state index contributed by atoms with van der Waals surface area (Å²) in [6, 6.07) is 0. The molecule has 0 aliphatic rings. The Bertz CT molecular complexity index is 131. The molecule has 0 aliphatic carbocycles. The van der Waals surface area contributed by atoms with Crippen molar-refractivity contribution in [1.29, 1.82) is 0 Å². The first-order valence-corrected chi connectivity index (χ1v) is 3.65. The van der Waals surface area contributed by atoms with Crippen molar-refractivity contribution in [3.05, 3.63) is 0 Å². The molecular formula is C7H14F3NO. The van der Waals surface area contributed by atoms with Crippen molar-refractivity contribution in [3.63, 3.8) is 0 Å². The number of hydrogen-bond donors (Lipinski definition) is 1. The normalized spacial score (nSPS) is 17.5. The SMILES string of the molecule is COC(C)(CN)CCC(F)(F)F. The quantitative estimate of drug-likeness (QED) is 0.723. The molecule has 1 atom stereocenters. The lowest BCUT2D eigenvalue weighted by molar-refractivity contribution is -0.147. The minimum atomic E-state index is -4.13. The Morgan fingerprint density at radius 2 is 1.75 bits per heavy atom. The van der Waals surface area contributed by atoms with E-state index >= 15 is 0 Å². The van der Waals surface area contributed by atoms with Crippen molar-refractivity contribution in [2.75, 3.05) is 13.7 Å². The van der Waals surface area contributed by atoms with Gasteiger partial charge in [-0.1, -0.05) is 0 Å². The van der Waals surface area contributed by atoms with E-state index in [0.29, 0.717) is 0 Å². The molecule has 0 amide bonds. The maximum atomic E-state index is 11.8. The van der Waals surface area contributed by atoms with Gasteiger partial charge in [-0.25, -0.2) is 0 Å². The first kappa shape index (κ1) is 11.7. The van der Waals surface area contributed by atoms with Gasteiger partial charge in [0.05, 0.1) is 5.60 Å². The Hall–Kier alpha value is -0.290. The molecule has 0 spiro atoms. The van der Waals surface area contributed by atoms with Crippen molar-refractivity contribution < 1.29 is 17.9 Å². The Morgan fingerprint density at radius 1 is 1.25 bits per heavy atom. The Balaban J connectivity index is 3.89. The Kier molecular flexibility index (Phi) is 3.99. The molecule has 0 bridgehead atoms. The summed E-state index contributed by atoms with van der Waals surface area (Å²) in [4.78, 5) is 0. The number of halogens is 3. The zero-order valence-corrected chi connectivity index (χ0v) is 7.24. The fourth-order valence-corrected chi connectivity index (χ4v) is 0.694. The molecule has 0 aliphatic heterocycles. The highest BCUT2D eigenvalue weighted by Gasteiger charge is 2.32. The van der Waals surface area contributed by atoms with Crippen molar-refractivity contribution in [3.8, 4) is 0 Å². The average molecular weight is 185 g/mol. The third kappa shape index (κ3) is 4.56. The van der Waals surface area contributed by atoms with E-state index in [-0.39, 0.29) is 13.0 Å². The lowest BCUT2D eigenvalue weighted by Gasteiger charge is -2.26. The summed E-state index contributed by atoms with van der Waals surface area (Å²) in [6.45, 7) is 1.66. The van der Waals surface area contributed by atoms with Crippen LogP contribution in [0.25, 0.3) is 0 Å². The summed E-state index contributed by atoms with van der Waals surface area (Å²) in [7, 11) is 1.36. The Morgan fingerprint density at radius 3 is 2.00 bits per heavy atom. The van der Waals surface area contributed by atoms with Crippen LogP contribution in [-0.2, 0) is 4.74 Å². The van der Waals surface area contributed by atoms with Crippen molar-refractivity contribution >= 4 is 0 Å². The molecule has 2 nitrogen and oxygen atoms in total. The molecule has 0 fully saturated rings. The second kappa shape index (κ2) is 4.09. The first-order chi connectivity index (χ1) is 5.33. The van der Waals surface area contributed by atoms with Crippen molar-refractivity contribution in [2.24, 2.45) is 5.73 Å². The molecule has 0 aromatic carbocycles. The van der Waals surface area contributed by atoms with Crippen LogP contribution in [0.5, 0.6) is 0 Å². The maximum Gasteiger partial charge on any atom is 0.389 e. The van der Waals surface area contributed by atoms with Crippen molar-refractivity contribution in [2.45, 2.75) is 31.5 Å². The Labute approximate surface area is 69.9 Å². The first-order valence-electron chi connectivity index (χ1n) is 3.65. The molecule has 2 N–H and O–H groups in total. The van der Waals surface area contributed by atoms with Crippen LogP contribution in [0.15, 0.2) is 0 Å². The second-order valence-corrected chi connectivity index (χ2v) is 2.97. The fraction of sp³-hybridized carbons (Fsp3) is 1.00. The molecule has 0 radical (unpaired) electrons. The van der Waals surface area contributed by atoms with Crippen LogP contribution in [0.1, 0.15) is 19.8 Å². The minimum Gasteiger partial charge on any atom is -0.377 e. The van der Waals surface area contributed by atoms with E-state index in [0.717, 1.165) is 0 Å². The number of nitrogens with two attached hydrogens (primary N) is 1. The average Bonchev–Trinajstić information content (AvgIpc) is 1.99. The maximum absolute atomic E-state index is 11.8. The molecular weight excluding hydrogens is 171 g/mol. The molecule has 1 unspecified atom stereocenters. The van der Waals surface area contributed by atoms with Gasteiger partial charge in [-0.3, -0.25) is 0 Å². The zero-order valence-electron chi connectivity index (χ0n) is 7.24. The molecule has 0 rings (SSSR count). The highest BCUT2D eigenvalue weighted by molar-refractivity contribution is 4.76. The summed E-state index contributed by atoms with van der Waals surface area (Å²) in [5, 5.41) is 0. The number of ether oxygens (including phenoxy) is 1. The molecule has 0 aromatic heterocycles. The molecule has 0 saturated carbocycles. The van der Waals surface area contributed by atoms with Gasteiger partial charge in [-0.2, -0.15) is 13.2 Å². The van der Waals surface area contributed by atoms with Crippen molar-refractivity contribution in [1.82, 2.24) is 0 Å². The van der Waals surface area contributed by atoms with Gasteiger partial charge in [-0.15, -0.1) is 0 Å². The summed E-state index contributed by atoms with van der Waals surface area (Å²) in [5.74, 6) is 0. The van der Waals surface area contributed by atoms with E-state index < -0.39 is 18.2 Å². The zero-order chi connectivity index (χ0) is 9.83. The van der Waals surface area contributed by atoms with Gasteiger partial charge in [0.15, 0.2) is 0 Å². The molecule has 5 heteroatoms. The van der Waals surface area contributed by atoms with Gasteiger partial charge in [-0.05, 0) is 13.3 Å². The summed E-state index contributed by atoms with van der Waals surface area (Å²) in [6.07, 6.45) is -5.08. The third-order valence-electron chi connectivity index (χ3n) is 1.86. The molecule has 74 valence electrons. The van der Waals surface area contributed by atoms with Gasteiger partial charge >= 0.3 is 6.18 Å². The highest BCUT2D eigenvalue weighted by Crippen LogP contribution is 2.26. The van der Waals surface area contributed by atoms with E-state index in [1.165, 1.54) is 7.11 Å². The molecule has 0 heterocycles. The number of alkyl halides is 3. The van der Waals surface area contributed by atoms with Gasteiger partial charge in [0.25, 0.3) is 0 Å². The summed E-state index contributed by atoms with van der Waals surface area (Å²) in [5.41, 5.74) is 4.40. The number of hydrogen-bond acceptors (Lipinski definition) is 2. The minimum absolute atomic E-state index is 0.0938. The summed E-state index contributed by atoms with van der Waals surface area (Å²) < 4.78 is 40.1. The predicted octanol–water partition coefficient (Wildman–Crippen LogP) is 1.69. The summed E-state index contributed by atoms with van der Waals surface area (Å²) >= 11 is 0. The topological polar surface area (TPSA) is 35.2 Å². The lowest BCUT2D eigenvalue weighted by atomic mass is 10.0. The predicted molar refractivity (Wildman–Crippen MR) is 39.8 cm³/mol. The monoisotopic (exact) mass is 185 g/mol. The largest absolute Gasteiger partial charge is 0.389 e. The third-order valence-corrected chi connectivity index (χ3v) is 1.86.